The van der Waals surface area contributed by atoms with Crippen molar-refractivity contribution in [2.45, 2.75) is 18.9 Å². The van der Waals surface area contributed by atoms with Gasteiger partial charge in [-0.05, 0) is 31.1 Å². The molecule has 1 rings (SSSR count). The second kappa shape index (κ2) is 4.98. The first-order chi connectivity index (χ1) is 5.83. The molecule has 0 radical (unpaired) electrons. The molecule has 1 aliphatic heterocycles. The molecule has 1 heterocycles. The Morgan fingerprint density at radius 1 is 1.75 bits per heavy atom. The zero-order valence-electron chi connectivity index (χ0n) is 7.17. The molecule has 1 unspecified atom stereocenters. The van der Waals surface area contributed by atoms with Crippen LogP contribution in [0.4, 0.5) is 0 Å². The fourth-order valence-electron chi connectivity index (χ4n) is 1.03. The highest BCUT2D eigenvalue weighted by Crippen LogP contribution is 2.08. The lowest BCUT2D eigenvalue weighted by Gasteiger charge is -2.20. The van der Waals surface area contributed by atoms with Crippen LogP contribution in [0.15, 0.2) is 12.3 Å². The van der Waals surface area contributed by atoms with Crippen molar-refractivity contribution < 1.29 is 4.74 Å². The van der Waals surface area contributed by atoms with Crippen molar-refractivity contribution in [2.75, 3.05) is 13.6 Å². The summed E-state index contributed by atoms with van der Waals surface area (Å²) < 4.78 is 5.34. The summed E-state index contributed by atoms with van der Waals surface area (Å²) in [6.07, 6.45) is 6.22. The van der Waals surface area contributed by atoms with Gasteiger partial charge in [0.15, 0.2) is 5.11 Å². The minimum Gasteiger partial charge on any atom is -0.497 e. The number of rotatable bonds is 2. The molecule has 0 saturated heterocycles. The van der Waals surface area contributed by atoms with Gasteiger partial charge in [0, 0.05) is 7.05 Å². The predicted molar refractivity (Wildman–Crippen MR) is 52.9 cm³/mol. The molecule has 0 fully saturated rings. The van der Waals surface area contributed by atoms with Crippen molar-refractivity contribution in [3.05, 3.63) is 12.3 Å². The third-order valence-electron chi connectivity index (χ3n) is 1.74. The average Bonchev–Trinajstić information content (AvgIpc) is 2.16. The average molecular weight is 186 g/mol. The normalized spacial score (nSPS) is 21.2. The molecule has 0 saturated carbocycles. The molecule has 1 aliphatic rings. The molecule has 4 heteroatoms. The van der Waals surface area contributed by atoms with E-state index in [0.717, 1.165) is 19.4 Å². The summed E-state index contributed by atoms with van der Waals surface area (Å²) in [6.45, 7) is 0.782. The molecule has 0 aromatic heterocycles. The summed E-state index contributed by atoms with van der Waals surface area (Å²) in [4.78, 5) is 0. The van der Waals surface area contributed by atoms with Crippen LogP contribution >= 0.6 is 12.2 Å². The van der Waals surface area contributed by atoms with Crippen molar-refractivity contribution in [3.8, 4) is 0 Å². The van der Waals surface area contributed by atoms with E-state index in [9.17, 15) is 0 Å². The topological polar surface area (TPSA) is 33.3 Å². The third-order valence-corrected chi connectivity index (χ3v) is 2.09. The summed E-state index contributed by atoms with van der Waals surface area (Å²) >= 11 is 4.93. The van der Waals surface area contributed by atoms with Crippen LogP contribution < -0.4 is 10.6 Å². The number of nitrogens with one attached hydrogen (secondary N) is 2. The van der Waals surface area contributed by atoms with Gasteiger partial charge in [-0.1, -0.05) is 0 Å². The van der Waals surface area contributed by atoms with Crippen LogP contribution in [0.5, 0.6) is 0 Å². The Hall–Kier alpha value is -0.770. The van der Waals surface area contributed by atoms with Crippen LogP contribution in [-0.2, 0) is 4.74 Å². The van der Waals surface area contributed by atoms with E-state index in [1.807, 2.05) is 6.08 Å². The summed E-state index contributed by atoms with van der Waals surface area (Å²) in [5.41, 5.74) is 0. The first-order valence-corrected chi connectivity index (χ1v) is 4.50. The molecule has 0 aliphatic carbocycles. The quantitative estimate of drug-likeness (QED) is 0.624. The van der Waals surface area contributed by atoms with Gasteiger partial charge in [-0.3, -0.25) is 0 Å². The minimum absolute atomic E-state index is 0.265. The van der Waals surface area contributed by atoms with Gasteiger partial charge in [0.1, 0.15) is 6.10 Å². The van der Waals surface area contributed by atoms with Gasteiger partial charge >= 0.3 is 0 Å². The highest BCUT2D eigenvalue weighted by Gasteiger charge is 2.10. The maximum Gasteiger partial charge on any atom is 0.166 e. The van der Waals surface area contributed by atoms with Gasteiger partial charge in [-0.2, -0.15) is 0 Å². The third kappa shape index (κ3) is 3.09. The zero-order chi connectivity index (χ0) is 8.81. The molecule has 0 bridgehead atoms. The lowest BCUT2D eigenvalue weighted by atomic mass is 10.1. The summed E-state index contributed by atoms with van der Waals surface area (Å²) in [5, 5.41) is 6.59. The Morgan fingerprint density at radius 3 is 3.17 bits per heavy atom. The van der Waals surface area contributed by atoms with Crippen LogP contribution in [0.2, 0.25) is 0 Å². The number of hydrogen-bond acceptors (Lipinski definition) is 2. The smallest absolute Gasteiger partial charge is 0.166 e. The molecule has 0 amide bonds. The van der Waals surface area contributed by atoms with Crippen molar-refractivity contribution in [2.24, 2.45) is 0 Å². The minimum atomic E-state index is 0.265. The maximum atomic E-state index is 5.34. The van der Waals surface area contributed by atoms with Crippen LogP contribution in [-0.4, -0.2) is 24.8 Å². The maximum absolute atomic E-state index is 5.34. The molecule has 0 aromatic rings. The molecule has 0 aromatic carbocycles. The predicted octanol–water partition coefficient (Wildman–Crippen LogP) is 0.773. The monoisotopic (exact) mass is 186 g/mol. The van der Waals surface area contributed by atoms with Gasteiger partial charge in [-0.15, -0.1) is 0 Å². The summed E-state index contributed by atoms with van der Waals surface area (Å²) in [7, 11) is 1.80. The van der Waals surface area contributed by atoms with E-state index in [0.29, 0.717) is 5.11 Å². The zero-order valence-corrected chi connectivity index (χ0v) is 7.99. The molecular formula is C8H14N2OS. The van der Waals surface area contributed by atoms with Crippen LogP contribution in [0.3, 0.4) is 0 Å². The fraction of sp³-hybridized carbons (Fsp3) is 0.625. The Balaban J connectivity index is 2.14. The SMILES string of the molecule is CNC(=S)NCC1CCC=CO1. The molecule has 12 heavy (non-hydrogen) atoms. The van der Waals surface area contributed by atoms with E-state index in [4.69, 9.17) is 17.0 Å². The standard InChI is InChI=1S/C8H14N2OS/c1-9-8(12)10-6-7-4-2-3-5-11-7/h3,5,7H,2,4,6H2,1H3,(H2,9,10,12). The van der Waals surface area contributed by atoms with E-state index < -0.39 is 0 Å². The molecular weight excluding hydrogens is 172 g/mol. The molecule has 1 atom stereocenters. The fourth-order valence-corrected chi connectivity index (χ4v) is 1.11. The number of ether oxygens (including phenoxy) is 1. The van der Waals surface area contributed by atoms with Gasteiger partial charge < -0.3 is 15.4 Å². The second-order valence-corrected chi connectivity index (χ2v) is 3.08. The lowest BCUT2D eigenvalue weighted by molar-refractivity contribution is 0.127. The molecule has 2 N–H and O–H groups in total. The van der Waals surface area contributed by atoms with Crippen LogP contribution in [0.1, 0.15) is 12.8 Å². The van der Waals surface area contributed by atoms with Gasteiger partial charge in [0.2, 0.25) is 0 Å². The number of thiocarbonyl (C=S) groups is 1. The van der Waals surface area contributed by atoms with Gasteiger partial charge in [0.05, 0.1) is 12.8 Å². The van der Waals surface area contributed by atoms with E-state index in [-0.39, 0.29) is 6.10 Å². The van der Waals surface area contributed by atoms with E-state index in [1.165, 1.54) is 0 Å². The van der Waals surface area contributed by atoms with Crippen LogP contribution in [0, 0.1) is 0 Å². The Bertz CT molecular complexity index is 182. The Morgan fingerprint density at radius 2 is 2.58 bits per heavy atom. The largest absolute Gasteiger partial charge is 0.497 e. The summed E-state index contributed by atoms with van der Waals surface area (Å²) in [5.74, 6) is 0. The lowest BCUT2D eigenvalue weighted by Crippen LogP contribution is -2.38. The molecule has 68 valence electrons. The van der Waals surface area contributed by atoms with E-state index in [2.05, 4.69) is 10.6 Å². The number of hydrogen-bond donors (Lipinski definition) is 2. The van der Waals surface area contributed by atoms with Gasteiger partial charge in [-0.25, -0.2) is 0 Å². The van der Waals surface area contributed by atoms with Crippen molar-refractivity contribution in [3.63, 3.8) is 0 Å². The van der Waals surface area contributed by atoms with Crippen molar-refractivity contribution in [1.82, 2.24) is 10.6 Å². The Kier molecular flexibility index (Phi) is 3.87. The molecule has 3 nitrogen and oxygen atoms in total. The van der Waals surface area contributed by atoms with Crippen molar-refractivity contribution >= 4 is 17.3 Å². The summed E-state index contributed by atoms with van der Waals surface area (Å²) in [6, 6.07) is 0. The van der Waals surface area contributed by atoms with E-state index in [1.54, 1.807) is 13.3 Å². The Labute approximate surface area is 78.2 Å². The van der Waals surface area contributed by atoms with Gasteiger partial charge in [0.25, 0.3) is 0 Å². The first kappa shape index (κ1) is 9.32. The molecule has 0 spiro atoms. The highest BCUT2D eigenvalue weighted by molar-refractivity contribution is 7.80. The second-order valence-electron chi connectivity index (χ2n) is 2.67. The number of allylic oxidation sites excluding steroid dienone is 1. The van der Waals surface area contributed by atoms with Crippen LogP contribution in [0.25, 0.3) is 0 Å². The first-order valence-electron chi connectivity index (χ1n) is 4.09. The highest BCUT2D eigenvalue weighted by atomic mass is 32.1. The van der Waals surface area contributed by atoms with E-state index >= 15 is 0 Å². The van der Waals surface area contributed by atoms with Crippen molar-refractivity contribution in [1.29, 1.82) is 0 Å².